The average molecular weight is 513 g/mol. The van der Waals surface area contributed by atoms with Crippen LogP contribution < -0.4 is 5.32 Å². The van der Waals surface area contributed by atoms with Crippen molar-refractivity contribution in [3.8, 4) is 22.4 Å². The van der Waals surface area contributed by atoms with Crippen molar-refractivity contribution < 1.29 is 14.3 Å². The number of rotatable bonds is 6. The molecule has 2 unspecified atom stereocenters. The maximum atomic E-state index is 12.1. The second-order valence-electron chi connectivity index (χ2n) is 11.0. The number of hydrogen-bond acceptors (Lipinski definition) is 5. The summed E-state index contributed by atoms with van der Waals surface area (Å²) in [6.45, 7) is 8.96. The van der Waals surface area contributed by atoms with E-state index in [1.165, 1.54) is 0 Å². The van der Waals surface area contributed by atoms with E-state index in [9.17, 15) is 4.79 Å². The third-order valence-corrected chi connectivity index (χ3v) is 6.82. The van der Waals surface area contributed by atoms with Crippen LogP contribution >= 0.6 is 0 Å². The average Bonchev–Trinajstić information content (AvgIpc) is 3.36. The van der Waals surface area contributed by atoms with Crippen molar-refractivity contribution in [1.82, 2.24) is 20.1 Å². The van der Waals surface area contributed by atoms with Crippen molar-refractivity contribution in [1.29, 1.82) is 0 Å². The summed E-state index contributed by atoms with van der Waals surface area (Å²) in [5.41, 5.74) is 5.75. The minimum absolute atomic E-state index is 0.0220. The topological polar surface area (TPSA) is 78.3 Å². The summed E-state index contributed by atoms with van der Waals surface area (Å²) in [5.74, 6) is 0.142. The highest BCUT2D eigenvalue weighted by Crippen LogP contribution is 2.38. The first-order chi connectivity index (χ1) is 18.3. The van der Waals surface area contributed by atoms with Crippen molar-refractivity contribution >= 4 is 17.0 Å². The Hall–Kier alpha value is -3.71. The predicted octanol–water partition coefficient (Wildman–Crippen LogP) is 7.09. The standard InChI is InChI=1S/C31H36N4O3/c1-21(19-33-30(36)38-31(2,3)4)22-11-13-23(14-12-22)24-15-16-26-25(29(24)27-9-5-7-17-32-27)20-35(34-26)28-10-6-8-18-37-28/h5,7,9,11-17,20-21,28H,6,8,10,18-19H2,1-4H3,(H,33,36). The number of amides is 1. The number of alkyl carbamates (subject to hydrolysis) is 1. The molecule has 1 aliphatic heterocycles. The van der Waals surface area contributed by atoms with Gasteiger partial charge in [0.2, 0.25) is 0 Å². The lowest BCUT2D eigenvalue weighted by molar-refractivity contribution is -0.0390. The van der Waals surface area contributed by atoms with Crippen LogP contribution in [0.2, 0.25) is 0 Å². The fourth-order valence-corrected chi connectivity index (χ4v) is 4.88. The third-order valence-electron chi connectivity index (χ3n) is 6.82. The largest absolute Gasteiger partial charge is 0.444 e. The lowest BCUT2D eigenvalue weighted by Crippen LogP contribution is -2.34. The number of carbonyl (C=O) groups excluding carboxylic acids is 1. The quantitative estimate of drug-likeness (QED) is 0.298. The number of aromatic nitrogens is 3. The molecule has 0 radical (unpaired) electrons. The number of pyridine rings is 1. The molecule has 1 amide bonds. The predicted molar refractivity (Wildman–Crippen MR) is 150 cm³/mol. The molecule has 1 aliphatic rings. The third kappa shape index (κ3) is 5.89. The number of ether oxygens (including phenoxy) is 2. The summed E-state index contributed by atoms with van der Waals surface area (Å²) in [6.07, 6.45) is 6.75. The Bertz CT molecular complexity index is 1380. The Kier molecular flexibility index (Phi) is 7.47. The van der Waals surface area contributed by atoms with Crippen molar-refractivity contribution in [2.24, 2.45) is 0 Å². The van der Waals surface area contributed by atoms with Crippen LogP contribution in [0.1, 0.15) is 64.7 Å². The van der Waals surface area contributed by atoms with Gasteiger partial charge in [0.15, 0.2) is 0 Å². The van der Waals surface area contributed by atoms with Gasteiger partial charge in [0.25, 0.3) is 0 Å². The second kappa shape index (κ2) is 11.0. The van der Waals surface area contributed by atoms with Crippen molar-refractivity contribution in [3.05, 3.63) is 72.6 Å². The summed E-state index contributed by atoms with van der Waals surface area (Å²) >= 11 is 0. The molecule has 0 saturated carbocycles. The zero-order chi connectivity index (χ0) is 26.7. The molecular weight excluding hydrogens is 476 g/mol. The lowest BCUT2D eigenvalue weighted by atomic mass is 9.92. The second-order valence-corrected chi connectivity index (χ2v) is 11.0. The first-order valence-corrected chi connectivity index (χ1v) is 13.4. The number of fused-ring (bicyclic) bond motifs is 1. The monoisotopic (exact) mass is 512 g/mol. The molecule has 2 aromatic carbocycles. The van der Waals surface area contributed by atoms with E-state index < -0.39 is 11.7 Å². The number of nitrogens with one attached hydrogen (secondary N) is 1. The van der Waals surface area contributed by atoms with Crippen LogP contribution in [0.15, 0.2) is 67.0 Å². The highest BCUT2D eigenvalue weighted by atomic mass is 16.6. The summed E-state index contributed by atoms with van der Waals surface area (Å²) in [6, 6.07) is 18.7. The van der Waals surface area contributed by atoms with E-state index in [0.717, 1.165) is 64.7 Å². The molecule has 5 rings (SSSR count). The Balaban J connectivity index is 1.44. The van der Waals surface area contributed by atoms with E-state index >= 15 is 0 Å². The molecule has 4 aromatic rings. The smallest absolute Gasteiger partial charge is 0.407 e. The van der Waals surface area contributed by atoms with E-state index in [1.807, 2.05) is 49.8 Å². The van der Waals surface area contributed by atoms with Crippen LogP contribution in [-0.2, 0) is 9.47 Å². The molecule has 1 N–H and O–H groups in total. The molecule has 2 aromatic heterocycles. The van der Waals surface area contributed by atoms with Gasteiger partial charge in [-0.05, 0) is 80.8 Å². The van der Waals surface area contributed by atoms with Gasteiger partial charge in [0.1, 0.15) is 11.8 Å². The van der Waals surface area contributed by atoms with Crippen molar-refractivity contribution in [2.75, 3.05) is 13.2 Å². The van der Waals surface area contributed by atoms with Gasteiger partial charge in [-0.2, -0.15) is 5.10 Å². The summed E-state index contributed by atoms with van der Waals surface area (Å²) < 4.78 is 13.3. The number of hydrogen-bond donors (Lipinski definition) is 1. The number of nitrogens with zero attached hydrogens (tertiary/aromatic N) is 3. The van der Waals surface area contributed by atoms with Gasteiger partial charge in [-0.15, -0.1) is 0 Å². The molecule has 3 heterocycles. The van der Waals surface area contributed by atoms with Gasteiger partial charge < -0.3 is 14.8 Å². The van der Waals surface area contributed by atoms with Crippen LogP contribution in [0.5, 0.6) is 0 Å². The van der Waals surface area contributed by atoms with E-state index in [4.69, 9.17) is 19.6 Å². The van der Waals surface area contributed by atoms with Gasteiger partial charge >= 0.3 is 6.09 Å². The summed E-state index contributed by atoms with van der Waals surface area (Å²) in [5, 5.41) is 8.81. The zero-order valence-electron chi connectivity index (χ0n) is 22.6. The molecule has 198 valence electrons. The van der Waals surface area contributed by atoms with Gasteiger partial charge in [-0.25, -0.2) is 9.48 Å². The number of carbonyl (C=O) groups is 1. The Morgan fingerprint density at radius 1 is 1.13 bits per heavy atom. The molecule has 2 atom stereocenters. The fourth-order valence-electron chi connectivity index (χ4n) is 4.88. The highest BCUT2D eigenvalue weighted by Gasteiger charge is 2.21. The van der Waals surface area contributed by atoms with E-state index in [2.05, 4.69) is 54.8 Å². The lowest BCUT2D eigenvalue weighted by Gasteiger charge is -2.22. The van der Waals surface area contributed by atoms with Gasteiger partial charge in [-0.1, -0.05) is 43.3 Å². The first kappa shape index (κ1) is 25.9. The van der Waals surface area contributed by atoms with Gasteiger partial charge in [-0.3, -0.25) is 4.98 Å². The van der Waals surface area contributed by atoms with Crippen LogP contribution in [-0.4, -0.2) is 39.6 Å². The van der Waals surface area contributed by atoms with E-state index in [-0.39, 0.29) is 12.1 Å². The maximum absolute atomic E-state index is 12.1. The van der Waals surface area contributed by atoms with Crippen LogP contribution in [0, 0.1) is 0 Å². The Morgan fingerprint density at radius 3 is 2.63 bits per heavy atom. The molecule has 7 nitrogen and oxygen atoms in total. The molecule has 38 heavy (non-hydrogen) atoms. The SMILES string of the molecule is CC(CNC(=O)OC(C)(C)C)c1ccc(-c2ccc3nn(C4CCCCO4)cc3c2-c2ccccn2)cc1. The normalized spacial score (nSPS) is 16.8. The minimum atomic E-state index is -0.513. The van der Waals surface area contributed by atoms with E-state index in [1.54, 1.807) is 0 Å². The van der Waals surface area contributed by atoms with Crippen molar-refractivity contribution in [2.45, 2.75) is 64.7 Å². The van der Waals surface area contributed by atoms with Crippen LogP contribution in [0.25, 0.3) is 33.3 Å². The van der Waals surface area contributed by atoms with Crippen LogP contribution in [0.4, 0.5) is 4.79 Å². The first-order valence-electron chi connectivity index (χ1n) is 13.4. The Labute approximate surface area is 224 Å². The number of benzene rings is 2. The minimum Gasteiger partial charge on any atom is -0.444 e. The summed E-state index contributed by atoms with van der Waals surface area (Å²) in [7, 11) is 0. The molecule has 0 spiro atoms. The molecule has 1 fully saturated rings. The van der Waals surface area contributed by atoms with E-state index in [0.29, 0.717) is 6.54 Å². The zero-order valence-corrected chi connectivity index (χ0v) is 22.6. The molecule has 0 aliphatic carbocycles. The molecule has 1 saturated heterocycles. The maximum Gasteiger partial charge on any atom is 0.407 e. The highest BCUT2D eigenvalue weighted by molar-refractivity contribution is 6.01. The Morgan fingerprint density at radius 2 is 1.95 bits per heavy atom. The molecule has 0 bridgehead atoms. The molecular formula is C31H36N4O3. The molecule has 7 heteroatoms. The fraction of sp³-hybridized carbons (Fsp3) is 0.387. The van der Waals surface area contributed by atoms with Gasteiger partial charge in [0, 0.05) is 36.5 Å². The van der Waals surface area contributed by atoms with Crippen LogP contribution in [0.3, 0.4) is 0 Å². The van der Waals surface area contributed by atoms with Crippen molar-refractivity contribution in [3.63, 3.8) is 0 Å². The summed E-state index contributed by atoms with van der Waals surface area (Å²) in [4.78, 5) is 16.8. The van der Waals surface area contributed by atoms with Gasteiger partial charge in [0.05, 0.1) is 11.2 Å².